The van der Waals surface area contributed by atoms with Gasteiger partial charge in [0.25, 0.3) is 0 Å². The summed E-state index contributed by atoms with van der Waals surface area (Å²) in [6.07, 6.45) is 0.438. The third kappa shape index (κ3) is 4.28. The van der Waals surface area contributed by atoms with Crippen LogP contribution in [0.15, 0.2) is 56.1 Å². The molecule has 0 saturated carbocycles. The number of benzene rings is 2. The Balaban J connectivity index is 1.52. The highest BCUT2D eigenvalue weighted by Gasteiger charge is 2.38. The quantitative estimate of drug-likeness (QED) is 0.541. The number of carbonyl (C=O) groups is 2. The first kappa shape index (κ1) is 21.3. The monoisotopic (exact) mass is 486 g/mol. The van der Waals surface area contributed by atoms with Crippen LogP contribution in [0.25, 0.3) is 11.1 Å². The highest BCUT2D eigenvalue weighted by atomic mass is 79.9. The molecule has 2 heterocycles. The zero-order valence-corrected chi connectivity index (χ0v) is 18.9. The summed E-state index contributed by atoms with van der Waals surface area (Å²) in [7, 11) is 3.85. The van der Waals surface area contributed by atoms with E-state index in [9.17, 15) is 14.4 Å². The largest absolute Gasteiger partial charge is 0.419 e. The predicted molar refractivity (Wildman–Crippen MR) is 122 cm³/mol. The van der Waals surface area contributed by atoms with E-state index in [1.807, 2.05) is 43.3 Å². The van der Waals surface area contributed by atoms with Gasteiger partial charge in [0.15, 0.2) is 5.58 Å². The van der Waals surface area contributed by atoms with Gasteiger partial charge < -0.3 is 19.5 Å². The van der Waals surface area contributed by atoms with Crippen LogP contribution in [0, 0.1) is 5.92 Å². The van der Waals surface area contributed by atoms with Gasteiger partial charge in [0, 0.05) is 29.8 Å². The SMILES string of the molecule is CN(C)CCn1c(=O)oc2ccc(NC(=O)C3CCN(c4ccccc4Br)C3=O)cc21. The van der Waals surface area contributed by atoms with Crippen molar-refractivity contribution in [1.82, 2.24) is 9.47 Å². The molecule has 31 heavy (non-hydrogen) atoms. The second-order valence-electron chi connectivity index (χ2n) is 7.78. The van der Waals surface area contributed by atoms with Crippen molar-refractivity contribution in [2.45, 2.75) is 13.0 Å². The molecular formula is C22H23BrN4O4. The number of halogens is 1. The molecule has 4 rings (SSSR count). The second kappa shape index (κ2) is 8.68. The van der Waals surface area contributed by atoms with Crippen LogP contribution < -0.4 is 16.0 Å². The summed E-state index contributed by atoms with van der Waals surface area (Å²) in [5.41, 5.74) is 2.34. The van der Waals surface area contributed by atoms with Gasteiger partial charge in [-0.1, -0.05) is 12.1 Å². The maximum atomic E-state index is 12.9. The van der Waals surface area contributed by atoms with Gasteiger partial charge in [-0.25, -0.2) is 4.79 Å². The Morgan fingerprint density at radius 2 is 2.00 bits per heavy atom. The number of aromatic nitrogens is 1. The van der Waals surface area contributed by atoms with Crippen LogP contribution in [0.4, 0.5) is 11.4 Å². The summed E-state index contributed by atoms with van der Waals surface area (Å²) in [5, 5.41) is 2.83. The number of oxazole rings is 1. The first-order valence-electron chi connectivity index (χ1n) is 10.00. The molecule has 8 nitrogen and oxygen atoms in total. The topological polar surface area (TPSA) is 87.8 Å². The zero-order valence-electron chi connectivity index (χ0n) is 17.3. The fourth-order valence-corrected chi connectivity index (χ4v) is 4.21. The molecule has 9 heteroatoms. The molecule has 1 atom stereocenters. The van der Waals surface area contributed by atoms with Gasteiger partial charge in [-0.05, 0) is 66.8 Å². The van der Waals surface area contributed by atoms with E-state index in [0.717, 1.165) is 10.2 Å². The number of nitrogens with one attached hydrogen (secondary N) is 1. The molecule has 2 amide bonds. The molecule has 0 spiro atoms. The summed E-state index contributed by atoms with van der Waals surface area (Å²) >= 11 is 3.46. The van der Waals surface area contributed by atoms with E-state index in [0.29, 0.717) is 42.8 Å². The number of fused-ring (bicyclic) bond motifs is 1. The molecule has 162 valence electrons. The van der Waals surface area contributed by atoms with Crippen LogP contribution >= 0.6 is 15.9 Å². The molecule has 1 aromatic heterocycles. The minimum absolute atomic E-state index is 0.225. The van der Waals surface area contributed by atoms with Crippen LogP contribution in [0.1, 0.15) is 6.42 Å². The van der Waals surface area contributed by atoms with Crippen LogP contribution in [0.5, 0.6) is 0 Å². The third-order valence-corrected chi connectivity index (χ3v) is 6.04. The van der Waals surface area contributed by atoms with Crippen molar-refractivity contribution in [1.29, 1.82) is 0 Å². The fourth-order valence-electron chi connectivity index (χ4n) is 3.71. The number of nitrogens with zero attached hydrogens (tertiary/aromatic N) is 3. The average Bonchev–Trinajstić information content (AvgIpc) is 3.25. The van der Waals surface area contributed by atoms with Gasteiger partial charge in [0.2, 0.25) is 11.8 Å². The summed E-state index contributed by atoms with van der Waals surface area (Å²) < 4.78 is 7.65. The van der Waals surface area contributed by atoms with Gasteiger partial charge in [0.1, 0.15) is 5.92 Å². The summed E-state index contributed by atoms with van der Waals surface area (Å²) in [5.74, 6) is -1.78. The number of anilines is 2. The molecule has 1 fully saturated rings. The number of carbonyl (C=O) groups excluding carboxylic acids is 2. The smallest absolute Gasteiger partial charge is 0.408 e. The Morgan fingerprint density at radius 1 is 1.23 bits per heavy atom. The average molecular weight is 487 g/mol. The summed E-state index contributed by atoms with van der Waals surface area (Å²) in [6, 6.07) is 12.5. The highest BCUT2D eigenvalue weighted by Crippen LogP contribution is 2.32. The molecule has 2 aromatic carbocycles. The minimum atomic E-state index is -0.761. The molecule has 1 aliphatic heterocycles. The molecule has 1 N–H and O–H groups in total. The van der Waals surface area contributed by atoms with E-state index in [-0.39, 0.29) is 11.8 Å². The van der Waals surface area contributed by atoms with E-state index in [4.69, 9.17) is 4.42 Å². The fraction of sp³-hybridized carbons (Fsp3) is 0.318. The zero-order chi connectivity index (χ0) is 22.1. The molecule has 1 unspecified atom stereocenters. The maximum Gasteiger partial charge on any atom is 0.419 e. The number of hydrogen-bond acceptors (Lipinski definition) is 5. The third-order valence-electron chi connectivity index (χ3n) is 5.37. The number of para-hydroxylation sites is 1. The first-order valence-corrected chi connectivity index (χ1v) is 10.8. The van der Waals surface area contributed by atoms with Gasteiger partial charge in [-0.3, -0.25) is 14.2 Å². The Morgan fingerprint density at radius 3 is 2.74 bits per heavy atom. The Bertz CT molecular complexity index is 1200. The lowest BCUT2D eigenvalue weighted by atomic mass is 10.1. The molecule has 0 bridgehead atoms. The lowest BCUT2D eigenvalue weighted by Crippen LogP contribution is -2.33. The number of amides is 2. The first-order chi connectivity index (χ1) is 14.8. The molecule has 3 aromatic rings. The lowest BCUT2D eigenvalue weighted by Gasteiger charge is -2.18. The number of rotatable bonds is 6. The molecule has 0 aliphatic carbocycles. The van der Waals surface area contributed by atoms with E-state index in [1.165, 1.54) is 0 Å². The predicted octanol–water partition coefficient (Wildman–Crippen LogP) is 2.91. The van der Waals surface area contributed by atoms with Crippen molar-refractivity contribution >= 4 is 50.2 Å². The van der Waals surface area contributed by atoms with Crippen molar-refractivity contribution < 1.29 is 14.0 Å². The van der Waals surface area contributed by atoms with Crippen molar-refractivity contribution in [2.75, 3.05) is 37.4 Å². The highest BCUT2D eigenvalue weighted by molar-refractivity contribution is 9.10. The van der Waals surface area contributed by atoms with E-state index in [1.54, 1.807) is 27.7 Å². The maximum absolute atomic E-state index is 12.9. The Kier molecular flexibility index (Phi) is 5.97. The van der Waals surface area contributed by atoms with Crippen molar-refractivity contribution in [2.24, 2.45) is 5.92 Å². The Labute approximate surface area is 187 Å². The second-order valence-corrected chi connectivity index (χ2v) is 8.63. The van der Waals surface area contributed by atoms with E-state index >= 15 is 0 Å². The summed E-state index contributed by atoms with van der Waals surface area (Å²) in [6.45, 7) is 1.62. The summed E-state index contributed by atoms with van der Waals surface area (Å²) in [4.78, 5) is 41.5. The minimum Gasteiger partial charge on any atom is -0.408 e. The van der Waals surface area contributed by atoms with Crippen molar-refractivity contribution in [3.8, 4) is 0 Å². The Hall–Kier alpha value is -2.91. The van der Waals surface area contributed by atoms with Crippen LogP contribution in [-0.2, 0) is 16.1 Å². The van der Waals surface area contributed by atoms with Crippen LogP contribution in [-0.4, -0.2) is 48.5 Å². The molecule has 0 radical (unpaired) electrons. The molecular weight excluding hydrogens is 464 g/mol. The van der Waals surface area contributed by atoms with E-state index in [2.05, 4.69) is 21.2 Å². The normalized spacial score (nSPS) is 16.5. The van der Waals surface area contributed by atoms with Crippen LogP contribution in [0.2, 0.25) is 0 Å². The van der Waals surface area contributed by atoms with Crippen molar-refractivity contribution in [3.05, 3.63) is 57.5 Å². The standard InChI is InChI=1S/C22H23BrN4O4/c1-25(2)11-12-27-18-13-14(7-8-19(18)31-22(27)30)24-20(28)15-9-10-26(21(15)29)17-6-4-3-5-16(17)23/h3-8,13,15H,9-12H2,1-2H3,(H,24,28). The van der Waals surface area contributed by atoms with Gasteiger partial charge in [0.05, 0.1) is 11.2 Å². The molecule has 1 aliphatic rings. The lowest BCUT2D eigenvalue weighted by molar-refractivity contribution is -0.129. The van der Waals surface area contributed by atoms with Gasteiger partial charge >= 0.3 is 5.76 Å². The van der Waals surface area contributed by atoms with Gasteiger partial charge in [-0.2, -0.15) is 0 Å². The van der Waals surface area contributed by atoms with Crippen molar-refractivity contribution in [3.63, 3.8) is 0 Å². The van der Waals surface area contributed by atoms with E-state index < -0.39 is 11.7 Å². The van der Waals surface area contributed by atoms with Gasteiger partial charge in [-0.15, -0.1) is 0 Å². The molecule has 1 saturated heterocycles. The number of likely N-dealkylation sites (N-methyl/N-ethyl adjacent to an activating group) is 1. The number of hydrogen-bond donors (Lipinski definition) is 1. The van der Waals surface area contributed by atoms with Crippen LogP contribution in [0.3, 0.4) is 0 Å².